The van der Waals surface area contributed by atoms with Crippen LogP contribution in [-0.2, 0) is 9.53 Å². The predicted molar refractivity (Wildman–Crippen MR) is 67.3 cm³/mol. The lowest BCUT2D eigenvalue weighted by Gasteiger charge is -2.12. The molecule has 0 N–H and O–H groups in total. The van der Waals surface area contributed by atoms with E-state index >= 15 is 0 Å². The van der Waals surface area contributed by atoms with Crippen LogP contribution in [0.5, 0.6) is 0 Å². The number of esters is 1. The van der Waals surface area contributed by atoms with Gasteiger partial charge in [-0.25, -0.2) is 0 Å². The van der Waals surface area contributed by atoms with Gasteiger partial charge in [0.05, 0.1) is 6.10 Å². The summed E-state index contributed by atoms with van der Waals surface area (Å²) in [6, 6.07) is 0. The highest BCUT2D eigenvalue weighted by atomic mass is 79.9. The van der Waals surface area contributed by atoms with Gasteiger partial charge in [0.1, 0.15) is 4.83 Å². The molecule has 0 saturated carbocycles. The van der Waals surface area contributed by atoms with Crippen molar-refractivity contribution < 1.29 is 9.53 Å². The number of ether oxygens (including phenoxy) is 1. The highest BCUT2D eigenvalue weighted by molar-refractivity contribution is 9.10. The molecule has 0 aromatic rings. The van der Waals surface area contributed by atoms with Gasteiger partial charge in [-0.1, -0.05) is 55.0 Å². The highest BCUT2D eigenvalue weighted by Gasteiger charge is 2.16. The van der Waals surface area contributed by atoms with Crippen molar-refractivity contribution in [2.45, 2.75) is 70.2 Å². The van der Waals surface area contributed by atoms with Gasteiger partial charge in [0.2, 0.25) is 0 Å². The fourth-order valence-corrected chi connectivity index (χ4v) is 1.78. The minimum atomic E-state index is -0.125. The SMILES string of the molecule is CCCCCCCC(Br)C(=O)OC(C)C. The molecular weight excluding hydrogens is 256 g/mol. The summed E-state index contributed by atoms with van der Waals surface area (Å²) in [5.74, 6) is -0.125. The summed E-state index contributed by atoms with van der Waals surface area (Å²) < 4.78 is 5.10. The van der Waals surface area contributed by atoms with E-state index in [2.05, 4.69) is 22.9 Å². The Morgan fingerprint density at radius 3 is 2.33 bits per heavy atom. The molecule has 0 saturated heterocycles. The Bertz CT molecular complexity index is 169. The second kappa shape index (κ2) is 9.20. The average molecular weight is 279 g/mol. The molecule has 3 heteroatoms. The van der Waals surface area contributed by atoms with Crippen molar-refractivity contribution in [2.75, 3.05) is 0 Å². The van der Waals surface area contributed by atoms with Gasteiger partial charge in [0, 0.05) is 0 Å². The first-order chi connectivity index (χ1) is 7.07. The van der Waals surface area contributed by atoms with E-state index in [9.17, 15) is 4.79 Å². The molecule has 0 aliphatic heterocycles. The van der Waals surface area contributed by atoms with Crippen molar-refractivity contribution in [2.24, 2.45) is 0 Å². The predicted octanol–water partition coefficient (Wildman–Crippen LogP) is 4.06. The quantitative estimate of drug-likeness (QED) is 0.380. The van der Waals surface area contributed by atoms with Crippen LogP contribution >= 0.6 is 15.9 Å². The van der Waals surface area contributed by atoms with Crippen LogP contribution in [0.4, 0.5) is 0 Å². The molecular formula is C12H23BrO2. The molecule has 0 aromatic heterocycles. The van der Waals surface area contributed by atoms with Gasteiger partial charge in [-0.2, -0.15) is 0 Å². The van der Waals surface area contributed by atoms with Crippen molar-refractivity contribution in [1.82, 2.24) is 0 Å². The number of unbranched alkanes of at least 4 members (excludes halogenated alkanes) is 4. The van der Waals surface area contributed by atoms with Crippen molar-refractivity contribution in [3.8, 4) is 0 Å². The van der Waals surface area contributed by atoms with Gasteiger partial charge in [-0.15, -0.1) is 0 Å². The van der Waals surface area contributed by atoms with E-state index in [-0.39, 0.29) is 16.9 Å². The van der Waals surface area contributed by atoms with E-state index in [4.69, 9.17) is 4.74 Å². The van der Waals surface area contributed by atoms with Gasteiger partial charge in [0.15, 0.2) is 0 Å². The molecule has 0 spiro atoms. The Labute approximate surface area is 102 Å². The first-order valence-corrected chi connectivity index (χ1v) is 6.84. The minimum Gasteiger partial charge on any atom is -0.462 e. The number of carbonyl (C=O) groups excluding carboxylic acids is 1. The first kappa shape index (κ1) is 14.9. The largest absolute Gasteiger partial charge is 0.462 e. The molecule has 0 fully saturated rings. The number of carbonyl (C=O) groups is 1. The normalized spacial score (nSPS) is 12.9. The Morgan fingerprint density at radius 2 is 1.80 bits per heavy atom. The van der Waals surface area contributed by atoms with Gasteiger partial charge in [0.25, 0.3) is 0 Å². The zero-order chi connectivity index (χ0) is 11.7. The van der Waals surface area contributed by atoms with Gasteiger partial charge in [-0.3, -0.25) is 4.79 Å². The van der Waals surface area contributed by atoms with Crippen LogP contribution < -0.4 is 0 Å². The van der Waals surface area contributed by atoms with Crippen LogP contribution in [0.2, 0.25) is 0 Å². The molecule has 0 aromatic carbocycles. The maximum Gasteiger partial charge on any atom is 0.319 e. The Morgan fingerprint density at radius 1 is 1.20 bits per heavy atom. The highest BCUT2D eigenvalue weighted by Crippen LogP contribution is 2.14. The van der Waals surface area contributed by atoms with E-state index in [0.29, 0.717) is 0 Å². The van der Waals surface area contributed by atoms with Crippen LogP contribution in [0, 0.1) is 0 Å². The van der Waals surface area contributed by atoms with E-state index in [1.54, 1.807) is 0 Å². The summed E-state index contributed by atoms with van der Waals surface area (Å²) in [5, 5.41) is 0. The molecule has 1 atom stereocenters. The first-order valence-electron chi connectivity index (χ1n) is 5.92. The zero-order valence-electron chi connectivity index (χ0n) is 10.1. The van der Waals surface area contributed by atoms with Crippen LogP contribution in [0.1, 0.15) is 59.3 Å². The Hall–Kier alpha value is -0.0500. The van der Waals surface area contributed by atoms with Crippen molar-refractivity contribution in [3.63, 3.8) is 0 Å². The fourth-order valence-electron chi connectivity index (χ4n) is 1.35. The zero-order valence-corrected chi connectivity index (χ0v) is 11.7. The molecule has 0 rings (SSSR count). The van der Waals surface area contributed by atoms with E-state index in [0.717, 1.165) is 12.8 Å². The maximum atomic E-state index is 11.4. The molecule has 0 aliphatic rings. The van der Waals surface area contributed by atoms with Gasteiger partial charge < -0.3 is 4.74 Å². The van der Waals surface area contributed by atoms with E-state index in [1.807, 2.05) is 13.8 Å². The monoisotopic (exact) mass is 278 g/mol. The average Bonchev–Trinajstić information content (AvgIpc) is 2.16. The third-order valence-electron chi connectivity index (χ3n) is 2.17. The molecule has 0 heterocycles. The molecule has 0 aliphatic carbocycles. The van der Waals surface area contributed by atoms with Crippen LogP contribution in [-0.4, -0.2) is 16.9 Å². The number of rotatable bonds is 8. The van der Waals surface area contributed by atoms with Crippen molar-refractivity contribution in [3.05, 3.63) is 0 Å². The third-order valence-corrected chi connectivity index (χ3v) is 3.00. The molecule has 1 unspecified atom stereocenters. The van der Waals surface area contributed by atoms with Gasteiger partial charge >= 0.3 is 5.97 Å². The van der Waals surface area contributed by atoms with Crippen molar-refractivity contribution >= 4 is 21.9 Å². The second-order valence-corrected chi connectivity index (χ2v) is 5.26. The van der Waals surface area contributed by atoms with Crippen LogP contribution in [0.25, 0.3) is 0 Å². The second-order valence-electron chi connectivity index (χ2n) is 4.16. The minimum absolute atomic E-state index is 0.0161. The third kappa shape index (κ3) is 8.91. The summed E-state index contributed by atoms with van der Waals surface area (Å²) in [6.07, 6.45) is 7.01. The Balaban J connectivity index is 3.47. The smallest absolute Gasteiger partial charge is 0.319 e. The number of hydrogen-bond acceptors (Lipinski definition) is 2. The lowest BCUT2D eigenvalue weighted by Crippen LogP contribution is -2.21. The van der Waals surface area contributed by atoms with Gasteiger partial charge in [-0.05, 0) is 20.3 Å². The fraction of sp³-hybridized carbons (Fsp3) is 0.917. The van der Waals surface area contributed by atoms with Crippen LogP contribution in [0.3, 0.4) is 0 Å². The van der Waals surface area contributed by atoms with Crippen LogP contribution in [0.15, 0.2) is 0 Å². The molecule has 90 valence electrons. The molecule has 0 bridgehead atoms. The van der Waals surface area contributed by atoms with E-state index < -0.39 is 0 Å². The standard InChI is InChI=1S/C12H23BrO2/c1-4-5-6-7-8-9-11(13)12(14)15-10(2)3/h10-11H,4-9H2,1-3H3. The summed E-state index contributed by atoms with van der Waals surface area (Å²) in [7, 11) is 0. The summed E-state index contributed by atoms with van der Waals surface area (Å²) in [4.78, 5) is 11.3. The van der Waals surface area contributed by atoms with Crippen molar-refractivity contribution in [1.29, 1.82) is 0 Å². The topological polar surface area (TPSA) is 26.3 Å². The molecule has 2 nitrogen and oxygen atoms in total. The molecule has 0 amide bonds. The lowest BCUT2D eigenvalue weighted by atomic mass is 10.1. The summed E-state index contributed by atoms with van der Waals surface area (Å²) >= 11 is 3.37. The van der Waals surface area contributed by atoms with E-state index in [1.165, 1.54) is 25.7 Å². The number of halogens is 1. The Kier molecular flexibility index (Phi) is 9.17. The molecule has 0 radical (unpaired) electrons. The number of alkyl halides is 1. The molecule has 15 heavy (non-hydrogen) atoms. The maximum absolute atomic E-state index is 11.4. The lowest BCUT2D eigenvalue weighted by molar-refractivity contribution is -0.146. The number of hydrogen-bond donors (Lipinski definition) is 0. The summed E-state index contributed by atoms with van der Waals surface area (Å²) in [5.41, 5.74) is 0. The summed E-state index contributed by atoms with van der Waals surface area (Å²) in [6.45, 7) is 5.95.